The first-order valence-electron chi connectivity index (χ1n) is 3.28. The Balaban J connectivity index is 3.58. The van der Waals surface area contributed by atoms with Gasteiger partial charge in [0.1, 0.15) is 0 Å². The highest BCUT2D eigenvalue weighted by atomic mass is 16.3. The number of hydrogen-bond donors (Lipinski definition) is 2. The second kappa shape index (κ2) is 3.85. The summed E-state index contributed by atoms with van der Waals surface area (Å²) < 4.78 is 0. The van der Waals surface area contributed by atoms with E-state index in [2.05, 4.69) is 6.92 Å². The van der Waals surface area contributed by atoms with E-state index in [1.165, 1.54) is 0 Å². The molecular weight excluding hydrogens is 116 g/mol. The van der Waals surface area contributed by atoms with Crippen molar-refractivity contribution in [3.05, 3.63) is 6.92 Å². The predicted octanol–water partition coefficient (Wildman–Crippen LogP) is 0.588. The van der Waals surface area contributed by atoms with Crippen LogP contribution in [0.1, 0.15) is 20.3 Å². The van der Waals surface area contributed by atoms with Gasteiger partial charge in [-0.25, -0.2) is 0 Å². The van der Waals surface area contributed by atoms with Crippen molar-refractivity contribution >= 4 is 0 Å². The first kappa shape index (κ1) is 8.92. The Morgan fingerprint density at radius 3 is 2.00 bits per heavy atom. The molecule has 0 aliphatic carbocycles. The minimum Gasteiger partial charge on any atom is -0.390 e. The van der Waals surface area contributed by atoms with Crippen LogP contribution in [-0.4, -0.2) is 22.4 Å². The molecule has 55 valence electrons. The highest BCUT2D eigenvalue weighted by Gasteiger charge is 2.16. The third kappa shape index (κ3) is 2.82. The van der Waals surface area contributed by atoms with E-state index in [4.69, 9.17) is 10.2 Å². The van der Waals surface area contributed by atoms with Crippen molar-refractivity contribution in [1.82, 2.24) is 0 Å². The van der Waals surface area contributed by atoms with E-state index in [0.29, 0.717) is 6.42 Å². The summed E-state index contributed by atoms with van der Waals surface area (Å²) in [5, 5.41) is 18.1. The summed E-state index contributed by atoms with van der Waals surface area (Å²) in [4.78, 5) is 0. The van der Waals surface area contributed by atoms with Crippen molar-refractivity contribution < 1.29 is 10.2 Å². The van der Waals surface area contributed by atoms with Gasteiger partial charge in [-0.15, -0.1) is 0 Å². The fourth-order valence-electron chi connectivity index (χ4n) is 0.621. The zero-order valence-electron chi connectivity index (χ0n) is 6.04. The molecular formula is C7H15O2. The third-order valence-electron chi connectivity index (χ3n) is 1.40. The number of aliphatic hydroxyl groups excluding tert-OH is 2. The standard InChI is InChI=1S/C7H15O2/c1-4-6(8)7(9)5(2)3/h5-9H,2,4H2,1,3H3. The molecule has 2 N–H and O–H groups in total. The van der Waals surface area contributed by atoms with Gasteiger partial charge in [0.2, 0.25) is 0 Å². The number of hydrogen-bond acceptors (Lipinski definition) is 2. The van der Waals surface area contributed by atoms with Crippen molar-refractivity contribution in [3.8, 4) is 0 Å². The van der Waals surface area contributed by atoms with Crippen LogP contribution < -0.4 is 0 Å². The second-order valence-corrected chi connectivity index (χ2v) is 2.44. The molecule has 0 bridgehead atoms. The van der Waals surface area contributed by atoms with Gasteiger partial charge in [0.05, 0.1) is 12.2 Å². The normalized spacial score (nSPS) is 18.0. The van der Waals surface area contributed by atoms with E-state index in [0.717, 1.165) is 0 Å². The average Bonchev–Trinajstić information content (AvgIpc) is 1.84. The molecule has 0 aliphatic rings. The topological polar surface area (TPSA) is 40.5 Å². The molecule has 3 unspecified atom stereocenters. The minimum absolute atomic E-state index is 0.0973. The van der Waals surface area contributed by atoms with E-state index >= 15 is 0 Å². The molecule has 0 spiro atoms. The van der Waals surface area contributed by atoms with Crippen LogP contribution in [-0.2, 0) is 0 Å². The van der Waals surface area contributed by atoms with Crippen molar-refractivity contribution in [1.29, 1.82) is 0 Å². The Morgan fingerprint density at radius 2 is 1.89 bits per heavy atom. The summed E-state index contributed by atoms with van der Waals surface area (Å²) in [6.07, 6.45) is -0.700. The van der Waals surface area contributed by atoms with E-state index in [1.807, 2.05) is 6.92 Å². The van der Waals surface area contributed by atoms with Crippen molar-refractivity contribution in [2.75, 3.05) is 0 Å². The summed E-state index contributed by atoms with van der Waals surface area (Å²) in [6.45, 7) is 7.21. The molecule has 0 aromatic rings. The molecule has 0 aliphatic heterocycles. The van der Waals surface area contributed by atoms with Gasteiger partial charge in [-0.3, -0.25) is 0 Å². The van der Waals surface area contributed by atoms with Crippen LogP contribution in [0.15, 0.2) is 0 Å². The fourth-order valence-corrected chi connectivity index (χ4v) is 0.621. The Morgan fingerprint density at radius 1 is 1.44 bits per heavy atom. The van der Waals surface area contributed by atoms with Crippen LogP contribution in [0, 0.1) is 12.8 Å². The Labute approximate surface area is 56.5 Å². The van der Waals surface area contributed by atoms with Crippen LogP contribution in [0.25, 0.3) is 0 Å². The monoisotopic (exact) mass is 131 g/mol. The number of rotatable bonds is 3. The Bertz CT molecular complexity index is 71.3. The molecule has 0 aromatic carbocycles. The molecule has 9 heavy (non-hydrogen) atoms. The molecule has 1 radical (unpaired) electrons. The number of aliphatic hydroxyl groups is 2. The summed E-state index contributed by atoms with van der Waals surface area (Å²) in [6, 6.07) is 0. The lowest BCUT2D eigenvalue weighted by molar-refractivity contribution is -0.00348. The van der Waals surface area contributed by atoms with Crippen LogP contribution in [0.5, 0.6) is 0 Å². The molecule has 2 nitrogen and oxygen atoms in total. The largest absolute Gasteiger partial charge is 0.390 e. The van der Waals surface area contributed by atoms with Gasteiger partial charge in [-0.1, -0.05) is 13.8 Å². The first-order chi connectivity index (χ1) is 4.09. The summed E-state index contributed by atoms with van der Waals surface area (Å²) in [5.41, 5.74) is 0. The van der Waals surface area contributed by atoms with Crippen LogP contribution in [0.3, 0.4) is 0 Å². The molecule has 3 atom stereocenters. The molecule has 0 heterocycles. The Kier molecular flexibility index (Phi) is 3.82. The van der Waals surface area contributed by atoms with Gasteiger partial charge in [-0.05, 0) is 19.3 Å². The fraction of sp³-hybridized carbons (Fsp3) is 0.857. The van der Waals surface area contributed by atoms with Gasteiger partial charge in [-0.2, -0.15) is 0 Å². The maximum Gasteiger partial charge on any atom is 0.0824 e. The summed E-state index contributed by atoms with van der Waals surface area (Å²) >= 11 is 0. The van der Waals surface area contributed by atoms with Crippen LogP contribution >= 0.6 is 0 Å². The molecule has 0 rings (SSSR count). The highest BCUT2D eigenvalue weighted by molar-refractivity contribution is 4.72. The molecule has 0 saturated carbocycles. The summed E-state index contributed by atoms with van der Waals surface area (Å²) in [7, 11) is 0. The molecule has 0 fully saturated rings. The van der Waals surface area contributed by atoms with E-state index in [-0.39, 0.29) is 5.92 Å². The zero-order chi connectivity index (χ0) is 7.44. The molecule has 0 saturated heterocycles. The third-order valence-corrected chi connectivity index (χ3v) is 1.40. The molecule has 0 aromatic heterocycles. The smallest absolute Gasteiger partial charge is 0.0824 e. The van der Waals surface area contributed by atoms with Gasteiger partial charge in [0, 0.05) is 0 Å². The zero-order valence-corrected chi connectivity index (χ0v) is 6.04. The highest BCUT2D eigenvalue weighted by Crippen LogP contribution is 2.07. The van der Waals surface area contributed by atoms with Gasteiger partial charge in [0.25, 0.3) is 0 Å². The lowest BCUT2D eigenvalue weighted by Gasteiger charge is -2.18. The molecule has 2 heteroatoms. The van der Waals surface area contributed by atoms with Crippen LogP contribution in [0.2, 0.25) is 0 Å². The van der Waals surface area contributed by atoms with E-state index in [1.54, 1.807) is 6.92 Å². The average molecular weight is 131 g/mol. The van der Waals surface area contributed by atoms with Gasteiger partial charge in [0.15, 0.2) is 0 Å². The SMILES string of the molecule is [CH2]C(C)C(O)C(O)CC. The lowest BCUT2D eigenvalue weighted by Crippen LogP contribution is -2.29. The lowest BCUT2D eigenvalue weighted by atomic mass is 10.0. The first-order valence-corrected chi connectivity index (χ1v) is 3.28. The predicted molar refractivity (Wildman–Crippen MR) is 36.8 cm³/mol. The van der Waals surface area contributed by atoms with Gasteiger partial charge < -0.3 is 10.2 Å². The van der Waals surface area contributed by atoms with E-state index < -0.39 is 12.2 Å². The van der Waals surface area contributed by atoms with Crippen LogP contribution in [0.4, 0.5) is 0 Å². The summed E-state index contributed by atoms with van der Waals surface area (Å²) in [5.74, 6) is -0.0973. The van der Waals surface area contributed by atoms with Gasteiger partial charge >= 0.3 is 0 Å². The Hall–Kier alpha value is -0.0800. The van der Waals surface area contributed by atoms with Crippen molar-refractivity contribution in [2.45, 2.75) is 32.5 Å². The van der Waals surface area contributed by atoms with Crippen molar-refractivity contribution in [3.63, 3.8) is 0 Å². The van der Waals surface area contributed by atoms with Crippen molar-refractivity contribution in [2.24, 2.45) is 5.92 Å². The quantitative estimate of drug-likeness (QED) is 0.588. The minimum atomic E-state index is -0.671. The second-order valence-electron chi connectivity index (χ2n) is 2.44. The maximum absolute atomic E-state index is 9.08. The molecule has 0 amide bonds. The van der Waals surface area contributed by atoms with E-state index in [9.17, 15) is 0 Å². The maximum atomic E-state index is 9.08.